The summed E-state index contributed by atoms with van der Waals surface area (Å²) >= 11 is 1.42. The van der Waals surface area contributed by atoms with Crippen LogP contribution in [0, 0.1) is 20.8 Å². The first kappa shape index (κ1) is 14.6. The number of rotatable bonds is 4. The van der Waals surface area contributed by atoms with E-state index in [1.165, 1.54) is 22.5 Å². The molecule has 0 unspecified atom stereocenters. The van der Waals surface area contributed by atoms with Gasteiger partial charge in [-0.25, -0.2) is 5.84 Å². The second kappa shape index (κ2) is 6.07. The van der Waals surface area contributed by atoms with Gasteiger partial charge in [0, 0.05) is 10.4 Å². The Morgan fingerprint density at radius 3 is 2.45 bits per heavy atom. The van der Waals surface area contributed by atoms with Crippen LogP contribution in [0.5, 0.6) is 5.75 Å². The first-order chi connectivity index (χ1) is 9.49. The first-order valence-corrected chi connectivity index (χ1v) is 7.12. The number of nitrogens with one attached hydrogen (secondary N) is 1. The molecule has 0 aliphatic heterocycles. The van der Waals surface area contributed by atoms with Gasteiger partial charge in [0.2, 0.25) is 0 Å². The molecule has 3 N–H and O–H groups in total. The third kappa shape index (κ3) is 3.37. The number of benzene rings is 1. The molecular weight excluding hydrogens is 272 g/mol. The number of hydrazine groups is 1. The van der Waals surface area contributed by atoms with Crippen LogP contribution in [0.1, 0.15) is 31.2 Å². The molecule has 0 saturated heterocycles. The van der Waals surface area contributed by atoms with Crippen molar-refractivity contribution < 1.29 is 9.53 Å². The molecule has 0 aliphatic carbocycles. The fraction of sp³-hybridized carbons (Fsp3) is 0.267. The van der Waals surface area contributed by atoms with Crippen LogP contribution in [0.15, 0.2) is 24.3 Å². The molecule has 0 fully saturated rings. The predicted octanol–water partition coefficient (Wildman–Crippen LogP) is 2.86. The number of nitrogens with two attached hydrogens (primary N) is 1. The lowest BCUT2D eigenvalue weighted by atomic mass is 10.1. The summed E-state index contributed by atoms with van der Waals surface area (Å²) in [6.07, 6.45) is 0. The molecule has 1 aromatic carbocycles. The lowest BCUT2D eigenvalue weighted by Gasteiger charge is -2.08. The van der Waals surface area contributed by atoms with Crippen LogP contribution < -0.4 is 16.0 Å². The zero-order valence-corrected chi connectivity index (χ0v) is 12.6. The summed E-state index contributed by atoms with van der Waals surface area (Å²) in [5, 5.41) is 0. The van der Waals surface area contributed by atoms with Gasteiger partial charge in [0.15, 0.2) is 0 Å². The molecule has 1 amide bonds. The Bertz CT molecular complexity index is 615. The third-order valence-corrected chi connectivity index (χ3v) is 4.06. The van der Waals surface area contributed by atoms with E-state index in [1.54, 1.807) is 0 Å². The smallest absolute Gasteiger partial charge is 0.275 e. The summed E-state index contributed by atoms with van der Waals surface area (Å²) in [5.41, 5.74) is 5.49. The minimum atomic E-state index is -0.268. The number of hydrogen-bond donors (Lipinski definition) is 2. The fourth-order valence-corrected chi connectivity index (χ4v) is 2.96. The quantitative estimate of drug-likeness (QED) is 0.517. The zero-order chi connectivity index (χ0) is 14.7. The van der Waals surface area contributed by atoms with E-state index in [1.807, 2.05) is 39.0 Å². The fourth-order valence-electron chi connectivity index (χ4n) is 2.02. The van der Waals surface area contributed by atoms with Crippen LogP contribution in [-0.4, -0.2) is 5.91 Å². The molecule has 4 nitrogen and oxygen atoms in total. The number of carbonyl (C=O) groups excluding carboxylic acids is 1. The Hall–Kier alpha value is -1.85. The largest absolute Gasteiger partial charge is 0.489 e. The van der Waals surface area contributed by atoms with Crippen molar-refractivity contribution in [3.63, 3.8) is 0 Å². The van der Waals surface area contributed by atoms with E-state index in [0.717, 1.165) is 16.2 Å². The summed E-state index contributed by atoms with van der Waals surface area (Å²) in [6, 6.07) is 7.93. The van der Waals surface area contributed by atoms with Gasteiger partial charge in [-0.15, -0.1) is 11.3 Å². The van der Waals surface area contributed by atoms with E-state index in [4.69, 9.17) is 10.6 Å². The van der Waals surface area contributed by atoms with E-state index in [9.17, 15) is 4.79 Å². The monoisotopic (exact) mass is 290 g/mol. The van der Waals surface area contributed by atoms with Gasteiger partial charge in [0.25, 0.3) is 5.91 Å². The lowest BCUT2D eigenvalue weighted by Crippen LogP contribution is -2.29. The van der Waals surface area contributed by atoms with Crippen LogP contribution in [-0.2, 0) is 6.61 Å². The van der Waals surface area contributed by atoms with Crippen molar-refractivity contribution in [3.05, 3.63) is 50.7 Å². The predicted molar refractivity (Wildman–Crippen MR) is 81.0 cm³/mol. The molecule has 0 saturated carbocycles. The topological polar surface area (TPSA) is 64.3 Å². The number of hydrogen-bond acceptors (Lipinski definition) is 4. The maximum absolute atomic E-state index is 11.5. The number of amides is 1. The van der Waals surface area contributed by atoms with Crippen molar-refractivity contribution in [1.29, 1.82) is 0 Å². The molecule has 0 aliphatic rings. The molecule has 0 radical (unpaired) electrons. The minimum Gasteiger partial charge on any atom is -0.489 e. The molecule has 2 rings (SSSR count). The maximum Gasteiger partial charge on any atom is 0.275 e. The average Bonchev–Trinajstić information content (AvgIpc) is 2.76. The van der Waals surface area contributed by atoms with Crippen molar-refractivity contribution in [3.8, 4) is 5.75 Å². The molecule has 1 aromatic heterocycles. The highest BCUT2D eigenvalue weighted by molar-refractivity contribution is 7.14. The van der Waals surface area contributed by atoms with Gasteiger partial charge < -0.3 is 4.74 Å². The van der Waals surface area contributed by atoms with Gasteiger partial charge in [0.1, 0.15) is 12.4 Å². The Morgan fingerprint density at radius 2 is 1.85 bits per heavy atom. The van der Waals surface area contributed by atoms with Gasteiger partial charge in [-0.2, -0.15) is 0 Å². The summed E-state index contributed by atoms with van der Waals surface area (Å²) in [4.78, 5) is 13.1. The summed E-state index contributed by atoms with van der Waals surface area (Å²) < 4.78 is 5.80. The van der Waals surface area contributed by atoms with Gasteiger partial charge >= 0.3 is 0 Å². The highest BCUT2D eigenvalue weighted by Gasteiger charge is 2.11. The van der Waals surface area contributed by atoms with Crippen LogP contribution in [0.25, 0.3) is 0 Å². The SMILES string of the molecule is Cc1cc(C)cc(OCc2cc(C(=O)NN)sc2C)c1. The molecule has 1 heterocycles. The number of aryl methyl sites for hydroxylation is 3. The Balaban J connectivity index is 2.10. The molecule has 0 bridgehead atoms. The van der Waals surface area contributed by atoms with E-state index >= 15 is 0 Å². The molecule has 2 aromatic rings. The first-order valence-electron chi connectivity index (χ1n) is 6.31. The number of carbonyl (C=O) groups is 1. The van der Waals surface area contributed by atoms with Crippen molar-refractivity contribution in [2.75, 3.05) is 0 Å². The summed E-state index contributed by atoms with van der Waals surface area (Å²) in [7, 11) is 0. The van der Waals surface area contributed by atoms with Gasteiger partial charge in [0.05, 0.1) is 4.88 Å². The van der Waals surface area contributed by atoms with E-state index in [-0.39, 0.29) is 5.91 Å². The van der Waals surface area contributed by atoms with Crippen LogP contribution >= 0.6 is 11.3 Å². The Kier molecular flexibility index (Phi) is 4.42. The zero-order valence-electron chi connectivity index (χ0n) is 11.8. The number of ether oxygens (including phenoxy) is 1. The van der Waals surface area contributed by atoms with Crippen molar-refractivity contribution in [2.24, 2.45) is 5.84 Å². The van der Waals surface area contributed by atoms with Crippen LogP contribution in [0.4, 0.5) is 0 Å². The van der Waals surface area contributed by atoms with Crippen LogP contribution in [0.2, 0.25) is 0 Å². The minimum absolute atomic E-state index is 0.268. The number of thiophene rings is 1. The van der Waals surface area contributed by atoms with Crippen molar-refractivity contribution >= 4 is 17.2 Å². The maximum atomic E-state index is 11.5. The van der Waals surface area contributed by atoms with Gasteiger partial charge in [-0.05, 0) is 50.1 Å². The summed E-state index contributed by atoms with van der Waals surface area (Å²) in [6.45, 7) is 6.50. The Labute approximate surface area is 122 Å². The highest BCUT2D eigenvalue weighted by atomic mass is 32.1. The summed E-state index contributed by atoms with van der Waals surface area (Å²) in [5.74, 6) is 5.72. The Morgan fingerprint density at radius 1 is 1.20 bits per heavy atom. The van der Waals surface area contributed by atoms with E-state index in [2.05, 4.69) is 11.5 Å². The van der Waals surface area contributed by atoms with E-state index in [0.29, 0.717) is 11.5 Å². The van der Waals surface area contributed by atoms with Crippen molar-refractivity contribution in [1.82, 2.24) is 5.43 Å². The lowest BCUT2D eigenvalue weighted by molar-refractivity contribution is 0.0957. The highest BCUT2D eigenvalue weighted by Crippen LogP contribution is 2.24. The standard InChI is InChI=1S/C15H18N2O2S/c1-9-4-10(2)6-13(5-9)19-8-12-7-14(15(18)17-16)20-11(12)3/h4-7H,8,16H2,1-3H3,(H,17,18). The normalized spacial score (nSPS) is 10.4. The molecule has 0 atom stereocenters. The van der Waals surface area contributed by atoms with Crippen molar-refractivity contribution in [2.45, 2.75) is 27.4 Å². The molecule has 20 heavy (non-hydrogen) atoms. The van der Waals surface area contributed by atoms with E-state index < -0.39 is 0 Å². The second-order valence-corrected chi connectivity index (χ2v) is 6.03. The molecule has 5 heteroatoms. The second-order valence-electron chi connectivity index (χ2n) is 4.78. The molecule has 106 valence electrons. The average molecular weight is 290 g/mol. The van der Waals surface area contributed by atoms with Gasteiger partial charge in [-0.1, -0.05) is 6.07 Å². The molecular formula is C15H18N2O2S. The third-order valence-electron chi connectivity index (χ3n) is 2.97. The number of nitrogen functional groups attached to an aromatic ring is 1. The van der Waals surface area contributed by atoms with Crippen LogP contribution in [0.3, 0.4) is 0 Å². The van der Waals surface area contributed by atoms with Gasteiger partial charge in [-0.3, -0.25) is 10.2 Å². The molecule has 0 spiro atoms.